The van der Waals surface area contributed by atoms with Gasteiger partial charge in [0, 0.05) is 10.6 Å². The SMILES string of the molecule is CC(S)OCc1c(F)cccc1Cl. The molecule has 0 aliphatic rings. The lowest BCUT2D eigenvalue weighted by Gasteiger charge is -2.08. The lowest BCUT2D eigenvalue weighted by atomic mass is 10.2. The van der Waals surface area contributed by atoms with Gasteiger partial charge in [0.2, 0.25) is 0 Å². The molecule has 1 aromatic carbocycles. The molecule has 72 valence electrons. The van der Waals surface area contributed by atoms with Crippen LogP contribution in [0, 0.1) is 5.82 Å². The average molecular weight is 221 g/mol. The predicted molar refractivity (Wildman–Crippen MR) is 54.6 cm³/mol. The Morgan fingerprint density at radius 2 is 2.31 bits per heavy atom. The van der Waals surface area contributed by atoms with Crippen molar-refractivity contribution in [3.8, 4) is 0 Å². The van der Waals surface area contributed by atoms with E-state index in [1.54, 1.807) is 19.1 Å². The first-order valence-corrected chi connectivity index (χ1v) is 4.73. The third-order valence-electron chi connectivity index (χ3n) is 1.53. The Kier molecular flexibility index (Phi) is 4.03. The van der Waals surface area contributed by atoms with Crippen LogP contribution in [0.2, 0.25) is 5.02 Å². The maximum Gasteiger partial charge on any atom is 0.130 e. The zero-order valence-corrected chi connectivity index (χ0v) is 8.78. The summed E-state index contributed by atoms with van der Waals surface area (Å²) < 4.78 is 18.2. The molecular formula is C9H10ClFOS. The summed E-state index contributed by atoms with van der Waals surface area (Å²) in [6, 6.07) is 4.55. The van der Waals surface area contributed by atoms with Gasteiger partial charge in [0.05, 0.1) is 12.0 Å². The van der Waals surface area contributed by atoms with Gasteiger partial charge in [-0.25, -0.2) is 4.39 Å². The van der Waals surface area contributed by atoms with Crippen molar-refractivity contribution in [2.24, 2.45) is 0 Å². The fourth-order valence-electron chi connectivity index (χ4n) is 0.874. The largest absolute Gasteiger partial charge is 0.363 e. The van der Waals surface area contributed by atoms with E-state index in [1.807, 2.05) is 0 Å². The van der Waals surface area contributed by atoms with Gasteiger partial charge in [0.1, 0.15) is 5.82 Å². The number of hydrogen-bond acceptors (Lipinski definition) is 2. The van der Waals surface area contributed by atoms with Gasteiger partial charge in [-0.1, -0.05) is 17.7 Å². The van der Waals surface area contributed by atoms with Crippen molar-refractivity contribution >= 4 is 24.2 Å². The highest BCUT2D eigenvalue weighted by Crippen LogP contribution is 2.20. The first-order chi connectivity index (χ1) is 6.11. The minimum atomic E-state index is -0.346. The predicted octanol–water partition coefficient (Wildman–Crippen LogP) is 3.27. The van der Waals surface area contributed by atoms with E-state index >= 15 is 0 Å². The molecule has 1 aromatic rings. The van der Waals surface area contributed by atoms with Crippen molar-refractivity contribution in [2.75, 3.05) is 0 Å². The summed E-state index contributed by atoms with van der Waals surface area (Å²) in [6.45, 7) is 1.91. The molecule has 0 aliphatic carbocycles. The Morgan fingerprint density at radius 3 is 2.85 bits per heavy atom. The first kappa shape index (κ1) is 10.8. The van der Waals surface area contributed by atoms with E-state index in [0.717, 1.165) is 0 Å². The van der Waals surface area contributed by atoms with Gasteiger partial charge in [0.25, 0.3) is 0 Å². The average Bonchev–Trinajstić information content (AvgIpc) is 2.03. The lowest BCUT2D eigenvalue weighted by Crippen LogP contribution is -2.02. The van der Waals surface area contributed by atoms with Gasteiger partial charge in [0.15, 0.2) is 0 Å². The summed E-state index contributed by atoms with van der Waals surface area (Å²) in [7, 11) is 0. The van der Waals surface area contributed by atoms with Crippen molar-refractivity contribution in [1.29, 1.82) is 0 Å². The van der Waals surface area contributed by atoms with Gasteiger partial charge in [-0.2, -0.15) is 0 Å². The van der Waals surface area contributed by atoms with Crippen LogP contribution in [-0.4, -0.2) is 5.44 Å². The summed E-state index contributed by atoms with van der Waals surface area (Å²) in [5.41, 5.74) is 0.153. The molecule has 0 saturated heterocycles. The Balaban J connectivity index is 2.75. The Hall–Kier alpha value is -0.250. The van der Waals surface area contributed by atoms with Crippen LogP contribution in [0.15, 0.2) is 18.2 Å². The normalized spacial score (nSPS) is 12.9. The van der Waals surface area contributed by atoms with E-state index in [2.05, 4.69) is 12.6 Å². The highest BCUT2D eigenvalue weighted by atomic mass is 35.5. The summed E-state index contributed by atoms with van der Waals surface area (Å²) in [6.07, 6.45) is 0. The van der Waals surface area contributed by atoms with Crippen LogP contribution < -0.4 is 0 Å². The van der Waals surface area contributed by atoms with Crippen LogP contribution in [0.5, 0.6) is 0 Å². The zero-order chi connectivity index (χ0) is 9.84. The van der Waals surface area contributed by atoms with E-state index in [-0.39, 0.29) is 17.9 Å². The molecule has 0 aromatic heterocycles. The maximum absolute atomic E-state index is 13.1. The molecule has 1 rings (SSSR count). The molecular weight excluding hydrogens is 211 g/mol. The van der Waals surface area contributed by atoms with Gasteiger partial charge >= 0.3 is 0 Å². The van der Waals surface area contributed by atoms with Crippen molar-refractivity contribution in [3.05, 3.63) is 34.6 Å². The van der Waals surface area contributed by atoms with Crippen molar-refractivity contribution in [2.45, 2.75) is 19.0 Å². The fraction of sp³-hybridized carbons (Fsp3) is 0.333. The van der Waals surface area contributed by atoms with Crippen LogP contribution in [0.3, 0.4) is 0 Å². The van der Waals surface area contributed by atoms with Gasteiger partial charge in [-0.3, -0.25) is 0 Å². The minimum Gasteiger partial charge on any atom is -0.363 e. The topological polar surface area (TPSA) is 9.23 Å². The second-order valence-electron chi connectivity index (χ2n) is 2.61. The third kappa shape index (κ3) is 3.18. The minimum absolute atomic E-state index is 0.149. The molecule has 13 heavy (non-hydrogen) atoms. The van der Waals surface area contributed by atoms with E-state index < -0.39 is 0 Å². The third-order valence-corrected chi connectivity index (χ3v) is 2.03. The summed E-state index contributed by atoms with van der Waals surface area (Å²) in [5, 5.41) is 0.383. The molecule has 0 aliphatic heterocycles. The molecule has 0 N–H and O–H groups in total. The number of benzene rings is 1. The molecule has 1 atom stereocenters. The molecule has 0 heterocycles. The molecule has 0 radical (unpaired) electrons. The van der Waals surface area contributed by atoms with E-state index in [0.29, 0.717) is 10.6 Å². The molecule has 1 nitrogen and oxygen atoms in total. The maximum atomic E-state index is 13.1. The zero-order valence-electron chi connectivity index (χ0n) is 7.13. The standard InChI is InChI=1S/C9H10ClFOS/c1-6(13)12-5-7-8(10)3-2-4-9(7)11/h2-4,6,13H,5H2,1H3. The number of rotatable bonds is 3. The Labute approximate surface area is 87.3 Å². The van der Waals surface area contributed by atoms with Crippen molar-refractivity contribution < 1.29 is 9.13 Å². The highest BCUT2D eigenvalue weighted by molar-refractivity contribution is 7.80. The molecule has 0 bridgehead atoms. The van der Waals surface area contributed by atoms with E-state index in [4.69, 9.17) is 16.3 Å². The number of ether oxygens (including phenoxy) is 1. The van der Waals surface area contributed by atoms with Crippen molar-refractivity contribution in [1.82, 2.24) is 0 Å². The van der Waals surface area contributed by atoms with Crippen molar-refractivity contribution in [3.63, 3.8) is 0 Å². The summed E-state index contributed by atoms with van der Waals surface area (Å²) in [4.78, 5) is 0. The number of halogens is 2. The van der Waals surface area contributed by atoms with Crippen LogP contribution in [-0.2, 0) is 11.3 Å². The van der Waals surface area contributed by atoms with Crippen LogP contribution in [0.25, 0.3) is 0 Å². The van der Waals surface area contributed by atoms with Crippen LogP contribution in [0.1, 0.15) is 12.5 Å². The molecule has 0 amide bonds. The number of hydrogen-bond donors (Lipinski definition) is 1. The molecule has 1 unspecified atom stereocenters. The lowest BCUT2D eigenvalue weighted by molar-refractivity contribution is 0.109. The molecule has 0 fully saturated rings. The van der Waals surface area contributed by atoms with Crippen LogP contribution >= 0.6 is 24.2 Å². The van der Waals surface area contributed by atoms with Gasteiger partial charge in [-0.15, -0.1) is 12.6 Å². The van der Waals surface area contributed by atoms with Gasteiger partial charge < -0.3 is 4.74 Å². The fourth-order valence-corrected chi connectivity index (χ4v) is 1.17. The van der Waals surface area contributed by atoms with Gasteiger partial charge in [-0.05, 0) is 19.1 Å². The Morgan fingerprint density at radius 1 is 1.62 bits per heavy atom. The van der Waals surface area contributed by atoms with Crippen LogP contribution in [0.4, 0.5) is 4.39 Å². The molecule has 4 heteroatoms. The van der Waals surface area contributed by atoms with E-state index in [9.17, 15) is 4.39 Å². The second kappa shape index (κ2) is 4.84. The molecule has 0 spiro atoms. The number of thiol groups is 1. The highest BCUT2D eigenvalue weighted by Gasteiger charge is 2.07. The van der Waals surface area contributed by atoms with E-state index in [1.165, 1.54) is 6.07 Å². The quantitative estimate of drug-likeness (QED) is 0.608. The Bertz CT molecular complexity index is 271. The summed E-state index contributed by atoms with van der Waals surface area (Å²) in [5.74, 6) is -0.346. The first-order valence-electron chi connectivity index (χ1n) is 3.84. The monoisotopic (exact) mass is 220 g/mol. The summed E-state index contributed by atoms with van der Waals surface area (Å²) >= 11 is 9.78. The second-order valence-corrected chi connectivity index (χ2v) is 3.74. The molecule has 0 saturated carbocycles. The smallest absolute Gasteiger partial charge is 0.130 e.